The summed E-state index contributed by atoms with van der Waals surface area (Å²) in [7, 11) is 1.64. The van der Waals surface area contributed by atoms with Gasteiger partial charge < -0.3 is 38.5 Å². The van der Waals surface area contributed by atoms with Crippen molar-refractivity contribution in [2.75, 3.05) is 91.6 Å². The van der Waals surface area contributed by atoms with Gasteiger partial charge in [-0.2, -0.15) is 5.26 Å². The normalized spacial score (nSPS) is 18.1. The van der Waals surface area contributed by atoms with E-state index in [2.05, 4.69) is 41.8 Å². The van der Waals surface area contributed by atoms with Gasteiger partial charge in [0.2, 0.25) is 5.95 Å². The second-order valence-corrected chi connectivity index (χ2v) is 13.3. The molecule has 1 atom stereocenters. The molecule has 0 unspecified atom stereocenters. The summed E-state index contributed by atoms with van der Waals surface area (Å²) in [5.41, 5.74) is 2.66. The number of anilines is 2. The number of hydrogen-bond donors (Lipinski definition) is 1. The number of methoxy groups -OCH3 is 1. The highest BCUT2D eigenvalue weighted by Crippen LogP contribution is 2.35. The Hall–Kier alpha value is -4.77. The van der Waals surface area contributed by atoms with Gasteiger partial charge >= 0.3 is 0 Å². The molecule has 4 heterocycles. The first-order valence-corrected chi connectivity index (χ1v) is 18.9. The van der Waals surface area contributed by atoms with E-state index in [0.717, 1.165) is 63.1 Å². The molecule has 0 radical (unpaired) electrons. The molecule has 18 nitrogen and oxygen atoms in total. The van der Waals surface area contributed by atoms with Gasteiger partial charge in [-0.3, -0.25) is 9.58 Å². The van der Waals surface area contributed by atoms with Gasteiger partial charge in [0.25, 0.3) is 5.88 Å². The lowest BCUT2D eigenvalue weighted by atomic mass is 9.90. The Morgan fingerprint density at radius 3 is 2.27 bits per heavy atom. The fourth-order valence-electron chi connectivity index (χ4n) is 6.60. The first-order valence-electron chi connectivity index (χ1n) is 18.9. The molecule has 3 aromatic heterocycles. The van der Waals surface area contributed by atoms with Crippen molar-refractivity contribution in [2.24, 2.45) is 0 Å². The van der Waals surface area contributed by atoms with Gasteiger partial charge in [-0.25, -0.2) is 14.6 Å². The maximum absolute atomic E-state index is 9.71. The lowest BCUT2D eigenvalue weighted by molar-refractivity contribution is -0.0000652. The highest BCUT2D eigenvalue weighted by Gasteiger charge is 2.29. The van der Waals surface area contributed by atoms with Gasteiger partial charge in [0.05, 0.1) is 83.8 Å². The van der Waals surface area contributed by atoms with Crippen molar-refractivity contribution in [3.05, 3.63) is 48.7 Å². The maximum atomic E-state index is 9.71. The molecule has 1 N–H and O–H groups in total. The zero-order chi connectivity index (χ0) is 38.1. The zero-order valence-corrected chi connectivity index (χ0v) is 31.6. The van der Waals surface area contributed by atoms with E-state index in [9.17, 15) is 5.26 Å². The van der Waals surface area contributed by atoms with E-state index in [1.54, 1.807) is 30.3 Å². The Morgan fingerprint density at radius 2 is 1.60 bits per heavy atom. The van der Waals surface area contributed by atoms with E-state index in [0.29, 0.717) is 94.3 Å². The van der Waals surface area contributed by atoms with Crippen LogP contribution < -0.4 is 14.8 Å². The molecule has 4 aromatic rings. The zero-order valence-electron chi connectivity index (χ0n) is 31.6. The molecule has 1 aliphatic carbocycles. The second kappa shape index (κ2) is 21.4. The standard InChI is InChI=1S/C37H51N11O7/c1-28(25-47-27-41-44-45-47)55-35-21-29(3-4-30(35)22-38)31-23-39-37(40-24-31)42-34-26-48(33-7-5-32(6-8-33)46-9-11-50-12-10-46)43-36(34)54-20-19-53-18-17-52-16-15-51-14-13-49-2/h3-4,21,23-24,26-28,32-33H,5-20,25H2,1-2H3,(H,39,40,42)/t28-,32-,33-/m0/s1. The number of ether oxygens (including phenoxy) is 7. The Bertz CT molecular complexity index is 1740. The average Bonchev–Trinajstić information content (AvgIpc) is 3.89. The molecule has 1 saturated carbocycles. The molecule has 296 valence electrons. The summed E-state index contributed by atoms with van der Waals surface area (Å²) in [4.78, 5) is 11.8. The van der Waals surface area contributed by atoms with Crippen LogP contribution in [-0.4, -0.2) is 143 Å². The highest BCUT2D eigenvalue weighted by atomic mass is 16.6. The first kappa shape index (κ1) is 39.9. The molecule has 1 aliphatic heterocycles. The number of nitrogens with one attached hydrogen (secondary N) is 1. The smallest absolute Gasteiger partial charge is 0.257 e. The number of nitriles is 1. The minimum Gasteiger partial charge on any atom is -0.487 e. The van der Waals surface area contributed by atoms with Crippen molar-refractivity contribution in [1.29, 1.82) is 5.26 Å². The third-order valence-corrected chi connectivity index (χ3v) is 9.44. The van der Waals surface area contributed by atoms with E-state index in [4.69, 9.17) is 38.3 Å². The summed E-state index contributed by atoms with van der Waals surface area (Å²) in [5.74, 6) is 1.31. The predicted octanol–water partition coefficient (Wildman–Crippen LogP) is 3.30. The molecule has 1 saturated heterocycles. The molecular formula is C37H51N11O7. The van der Waals surface area contributed by atoms with Crippen molar-refractivity contribution in [1.82, 2.24) is 44.9 Å². The van der Waals surface area contributed by atoms with Crippen LogP contribution in [0.25, 0.3) is 11.1 Å². The number of hydrogen-bond acceptors (Lipinski definition) is 16. The average molecular weight is 762 g/mol. The highest BCUT2D eigenvalue weighted by molar-refractivity contribution is 5.67. The van der Waals surface area contributed by atoms with Crippen LogP contribution in [0.4, 0.5) is 11.6 Å². The van der Waals surface area contributed by atoms with Crippen LogP contribution in [0.5, 0.6) is 11.6 Å². The van der Waals surface area contributed by atoms with E-state index in [1.165, 1.54) is 6.33 Å². The maximum Gasteiger partial charge on any atom is 0.257 e. The number of tetrazole rings is 1. The monoisotopic (exact) mass is 761 g/mol. The predicted molar refractivity (Wildman–Crippen MR) is 199 cm³/mol. The van der Waals surface area contributed by atoms with Crippen LogP contribution in [0.1, 0.15) is 44.2 Å². The Balaban J connectivity index is 1.06. The third kappa shape index (κ3) is 12.1. The molecule has 2 fully saturated rings. The van der Waals surface area contributed by atoms with E-state index >= 15 is 0 Å². The van der Waals surface area contributed by atoms with E-state index < -0.39 is 0 Å². The summed E-state index contributed by atoms with van der Waals surface area (Å²) in [6.45, 7) is 9.68. The molecule has 55 heavy (non-hydrogen) atoms. The molecule has 0 amide bonds. The fourth-order valence-corrected chi connectivity index (χ4v) is 6.60. The quantitative estimate of drug-likeness (QED) is 0.115. The third-order valence-electron chi connectivity index (χ3n) is 9.44. The van der Waals surface area contributed by atoms with Crippen LogP contribution in [-0.2, 0) is 30.2 Å². The topological polar surface area (TPSA) is 191 Å². The summed E-state index contributed by atoms with van der Waals surface area (Å²) in [5, 5.41) is 29.1. The van der Waals surface area contributed by atoms with Crippen molar-refractivity contribution in [3.8, 4) is 28.8 Å². The number of nitrogens with zero attached hydrogens (tertiary/aromatic N) is 10. The second-order valence-electron chi connectivity index (χ2n) is 13.3. The minimum absolute atomic E-state index is 0.258. The first-order chi connectivity index (χ1) is 27.1. The van der Waals surface area contributed by atoms with Crippen molar-refractivity contribution < 1.29 is 33.2 Å². The number of aromatic nitrogens is 8. The molecule has 2 aliphatic rings. The van der Waals surface area contributed by atoms with Gasteiger partial charge in [-0.1, -0.05) is 6.07 Å². The van der Waals surface area contributed by atoms with Crippen molar-refractivity contribution >= 4 is 11.6 Å². The fraction of sp³-hybridized carbons (Fsp3) is 0.595. The van der Waals surface area contributed by atoms with Gasteiger partial charge in [0, 0.05) is 44.2 Å². The van der Waals surface area contributed by atoms with E-state index in [-0.39, 0.29) is 12.1 Å². The molecule has 18 heteroatoms. The molecular weight excluding hydrogens is 710 g/mol. The molecule has 0 spiro atoms. The van der Waals surface area contributed by atoms with Crippen LogP contribution in [0.3, 0.4) is 0 Å². The van der Waals surface area contributed by atoms with Crippen LogP contribution in [0.15, 0.2) is 43.1 Å². The summed E-state index contributed by atoms with van der Waals surface area (Å²) >= 11 is 0. The Morgan fingerprint density at radius 1 is 0.909 bits per heavy atom. The van der Waals surface area contributed by atoms with Crippen LogP contribution in [0, 0.1) is 11.3 Å². The number of benzene rings is 1. The largest absolute Gasteiger partial charge is 0.487 e. The lowest BCUT2D eigenvalue weighted by Crippen LogP contribution is -2.45. The molecule has 6 rings (SSSR count). The Kier molecular flexibility index (Phi) is 15.5. The van der Waals surface area contributed by atoms with Crippen LogP contribution >= 0.6 is 0 Å². The SMILES string of the molecule is COCCOCCOCCOCCOc1nn([C@H]2CC[C@H](N3CCOCC3)CC2)cc1Nc1ncc(-c2ccc(C#N)c(O[C@@H](C)Cn3cnnn3)c2)cn1. The van der Waals surface area contributed by atoms with E-state index in [1.807, 2.05) is 29.9 Å². The number of morpholine rings is 1. The summed E-state index contributed by atoms with van der Waals surface area (Å²) in [6, 6.07) is 8.43. The van der Waals surface area contributed by atoms with Gasteiger partial charge in [0.15, 0.2) is 0 Å². The van der Waals surface area contributed by atoms with Crippen LogP contribution in [0.2, 0.25) is 0 Å². The Labute approximate surface area is 321 Å². The van der Waals surface area contributed by atoms with Gasteiger partial charge in [-0.05, 0) is 60.7 Å². The lowest BCUT2D eigenvalue weighted by Gasteiger charge is -2.38. The molecule has 1 aromatic carbocycles. The molecule has 0 bridgehead atoms. The number of rotatable bonds is 22. The van der Waals surface area contributed by atoms with Gasteiger partial charge in [0.1, 0.15) is 36.5 Å². The van der Waals surface area contributed by atoms with Gasteiger partial charge in [-0.15, -0.1) is 10.2 Å². The summed E-state index contributed by atoms with van der Waals surface area (Å²) in [6.07, 6.45) is 11.0. The van der Waals surface area contributed by atoms with Crippen molar-refractivity contribution in [3.63, 3.8) is 0 Å². The minimum atomic E-state index is -0.284. The van der Waals surface area contributed by atoms with Crippen molar-refractivity contribution in [2.45, 2.75) is 57.3 Å². The summed E-state index contributed by atoms with van der Waals surface area (Å²) < 4.78 is 43.1.